The van der Waals surface area contributed by atoms with Crippen molar-refractivity contribution in [2.24, 2.45) is 5.73 Å². The fourth-order valence-electron chi connectivity index (χ4n) is 0.793. The molecule has 0 bridgehead atoms. The topological polar surface area (TPSA) is 102 Å². The SMILES string of the molecule is CCC(N)Cc1nc(C(=O)O)no1. The van der Waals surface area contributed by atoms with Gasteiger partial charge in [-0.2, -0.15) is 4.98 Å². The summed E-state index contributed by atoms with van der Waals surface area (Å²) >= 11 is 0. The molecule has 0 aliphatic carbocycles. The lowest BCUT2D eigenvalue weighted by Crippen LogP contribution is -2.21. The molecular formula is C7H11N3O3. The molecule has 0 aliphatic rings. The lowest BCUT2D eigenvalue weighted by Gasteiger charge is -2.02. The van der Waals surface area contributed by atoms with Crippen molar-refractivity contribution in [1.29, 1.82) is 0 Å². The zero-order valence-corrected chi connectivity index (χ0v) is 7.23. The number of nitrogens with two attached hydrogens (primary N) is 1. The van der Waals surface area contributed by atoms with E-state index in [1.54, 1.807) is 0 Å². The van der Waals surface area contributed by atoms with Crippen molar-refractivity contribution < 1.29 is 14.4 Å². The number of aromatic nitrogens is 2. The van der Waals surface area contributed by atoms with Crippen molar-refractivity contribution in [2.75, 3.05) is 0 Å². The highest BCUT2D eigenvalue weighted by Gasteiger charge is 2.14. The van der Waals surface area contributed by atoms with Crippen molar-refractivity contribution in [3.05, 3.63) is 11.7 Å². The highest BCUT2D eigenvalue weighted by Crippen LogP contribution is 2.01. The fourth-order valence-corrected chi connectivity index (χ4v) is 0.793. The number of hydrogen-bond acceptors (Lipinski definition) is 5. The van der Waals surface area contributed by atoms with Crippen LogP contribution in [0.15, 0.2) is 4.52 Å². The second kappa shape index (κ2) is 3.99. The molecule has 3 N–H and O–H groups in total. The summed E-state index contributed by atoms with van der Waals surface area (Å²) in [4.78, 5) is 14.0. The quantitative estimate of drug-likeness (QED) is 0.686. The molecule has 6 heteroatoms. The number of carboxylic acid groups (broad SMARTS) is 1. The van der Waals surface area contributed by atoms with Gasteiger partial charge in [0.25, 0.3) is 5.82 Å². The van der Waals surface area contributed by atoms with Gasteiger partial charge in [-0.1, -0.05) is 6.92 Å². The van der Waals surface area contributed by atoms with Crippen LogP contribution in [0.4, 0.5) is 0 Å². The zero-order chi connectivity index (χ0) is 9.84. The maximum atomic E-state index is 10.4. The Kier molecular flexibility index (Phi) is 2.97. The first kappa shape index (κ1) is 9.66. The maximum Gasteiger partial charge on any atom is 0.377 e. The van der Waals surface area contributed by atoms with Gasteiger partial charge in [0, 0.05) is 12.5 Å². The highest BCUT2D eigenvalue weighted by atomic mass is 16.5. The number of nitrogens with zero attached hydrogens (tertiary/aromatic N) is 2. The average Bonchev–Trinajstić information content (AvgIpc) is 2.52. The summed E-state index contributed by atoms with van der Waals surface area (Å²) in [6.45, 7) is 1.93. The molecule has 0 saturated carbocycles. The van der Waals surface area contributed by atoms with Gasteiger partial charge in [-0.15, -0.1) is 0 Å². The van der Waals surface area contributed by atoms with Crippen LogP contribution in [-0.4, -0.2) is 27.3 Å². The monoisotopic (exact) mass is 185 g/mol. The number of aromatic carboxylic acids is 1. The lowest BCUT2D eigenvalue weighted by atomic mass is 10.2. The first-order valence-electron chi connectivity index (χ1n) is 3.95. The molecule has 1 heterocycles. The van der Waals surface area contributed by atoms with Crippen LogP contribution in [0, 0.1) is 0 Å². The summed E-state index contributed by atoms with van der Waals surface area (Å²) in [5.74, 6) is -1.25. The molecule has 0 amide bonds. The van der Waals surface area contributed by atoms with Crippen LogP contribution >= 0.6 is 0 Å². The normalized spacial score (nSPS) is 12.8. The maximum absolute atomic E-state index is 10.4. The molecule has 1 rings (SSSR count). The molecule has 0 radical (unpaired) electrons. The van der Waals surface area contributed by atoms with Crippen LogP contribution in [-0.2, 0) is 6.42 Å². The molecule has 1 aromatic heterocycles. The number of carboxylic acids is 1. The van der Waals surface area contributed by atoms with E-state index in [0.717, 1.165) is 6.42 Å². The van der Waals surface area contributed by atoms with Gasteiger partial charge in [0.15, 0.2) is 0 Å². The molecule has 0 aliphatic heterocycles. The van der Waals surface area contributed by atoms with Crippen molar-refractivity contribution in [1.82, 2.24) is 10.1 Å². The van der Waals surface area contributed by atoms with Gasteiger partial charge in [0.05, 0.1) is 0 Å². The predicted octanol–water partition coefficient (Wildman–Crippen LogP) is 0.0476. The van der Waals surface area contributed by atoms with Gasteiger partial charge < -0.3 is 15.4 Å². The fraction of sp³-hybridized carbons (Fsp3) is 0.571. The second-order valence-corrected chi connectivity index (χ2v) is 2.69. The minimum Gasteiger partial charge on any atom is -0.475 e. The van der Waals surface area contributed by atoms with E-state index in [0.29, 0.717) is 6.42 Å². The van der Waals surface area contributed by atoms with Gasteiger partial charge in [0.2, 0.25) is 5.89 Å². The predicted molar refractivity (Wildman–Crippen MR) is 43.2 cm³/mol. The van der Waals surface area contributed by atoms with Crippen molar-refractivity contribution in [3.63, 3.8) is 0 Å². The summed E-state index contributed by atoms with van der Waals surface area (Å²) in [5, 5.41) is 11.7. The summed E-state index contributed by atoms with van der Waals surface area (Å²) in [6, 6.07) is -0.0675. The number of carbonyl (C=O) groups is 1. The molecule has 0 saturated heterocycles. The Hall–Kier alpha value is -1.43. The molecule has 13 heavy (non-hydrogen) atoms. The summed E-state index contributed by atoms with van der Waals surface area (Å²) in [5.41, 5.74) is 5.62. The van der Waals surface area contributed by atoms with E-state index in [2.05, 4.69) is 14.7 Å². The van der Waals surface area contributed by atoms with Crippen LogP contribution in [0.3, 0.4) is 0 Å². The summed E-state index contributed by atoms with van der Waals surface area (Å²) in [6.07, 6.45) is 1.20. The van der Waals surface area contributed by atoms with Crippen LogP contribution in [0.2, 0.25) is 0 Å². The van der Waals surface area contributed by atoms with E-state index in [1.165, 1.54) is 0 Å². The van der Waals surface area contributed by atoms with Gasteiger partial charge in [-0.25, -0.2) is 4.79 Å². The Balaban J connectivity index is 2.64. The standard InChI is InChI=1S/C7H11N3O3/c1-2-4(8)3-5-9-6(7(11)12)10-13-5/h4H,2-3,8H2,1H3,(H,11,12). The Morgan fingerprint density at radius 3 is 2.92 bits per heavy atom. The molecule has 72 valence electrons. The van der Waals surface area contributed by atoms with Crippen LogP contribution in [0.5, 0.6) is 0 Å². The van der Waals surface area contributed by atoms with Gasteiger partial charge in [-0.05, 0) is 11.6 Å². The van der Waals surface area contributed by atoms with Crippen LogP contribution in [0.25, 0.3) is 0 Å². The van der Waals surface area contributed by atoms with E-state index >= 15 is 0 Å². The van der Waals surface area contributed by atoms with Gasteiger partial charge in [-0.3, -0.25) is 0 Å². The largest absolute Gasteiger partial charge is 0.475 e. The van der Waals surface area contributed by atoms with Gasteiger partial charge >= 0.3 is 5.97 Å². The summed E-state index contributed by atoms with van der Waals surface area (Å²) < 4.78 is 4.68. The van der Waals surface area contributed by atoms with Crippen molar-refractivity contribution in [2.45, 2.75) is 25.8 Å². The number of rotatable bonds is 4. The Labute approximate surface area is 74.7 Å². The van der Waals surface area contributed by atoms with E-state index in [1.807, 2.05) is 6.92 Å². The Morgan fingerprint density at radius 2 is 2.46 bits per heavy atom. The molecule has 1 atom stereocenters. The zero-order valence-electron chi connectivity index (χ0n) is 7.23. The summed E-state index contributed by atoms with van der Waals surface area (Å²) in [7, 11) is 0. The Bertz CT molecular complexity index is 297. The molecule has 0 fully saturated rings. The van der Waals surface area contributed by atoms with E-state index in [-0.39, 0.29) is 17.8 Å². The molecule has 1 unspecified atom stereocenters. The third-order valence-corrected chi connectivity index (χ3v) is 1.62. The molecular weight excluding hydrogens is 174 g/mol. The lowest BCUT2D eigenvalue weighted by molar-refractivity contribution is 0.0680. The molecule has 0 spiro atoms. The highest BCUT2D eigenvalue weighted by molar-refractivity contribution is 5.82. The first-order chi connectivity index (χ1) is 6.13. The molecule has 0 aromatic carbocycles. The smallest absolute Gasteiger partial charge is 0.377 e. The minimum absolute atomic E-state index is 0.0675. The number of hydrogen-bond donors (Lipinski definition) is 2. The molecule has 1 aromatic rings. The molecule has 6 nitrogen and oxygen atoms in total. The minimum atomic E-state index is -1.19. The third kappa shape index (κ3) is 2.51. The van der Waals surface area contributed by atoms with E-state index in [9.17, 15) is 4.79 Å². The average molecular weight is 185 g/mol. The van der Waals surface area contributed by atoms with Crippen molar-refractivity contribution >= 4 is 5.97 Å². The van der Waals surface area contributed by atoms with E-state index < -0.39 is 5.97 Å². The van der Waals surface area contributed by atoms with Crippen LogP contribution in [0.1, 0.15) is 29.9 Å². The van der Waals surface area contributed by atoms with Crippen molar-refractivity contribution in [3.8, 4) is 0 Å². The van der Waals surface area contributed by atoms with E-state index in [4.69, 9.17) is 10.8 Å². The third-order valence-electron chi connectivity index (χ3n) is 1.62. The Morgan fingerprint density at radius 1 is 1.77 bits per heavy atom. The second-order valence-electron chi connectivity index (χ2n) is 2.69. The van der Waals surface area contributed by atoms with Crippen LogP contribution < -0.4 is 5.73 Å². The first-order valence-corrected chi connectivity index (χ1v) is 3.95. The van der Waals surface area contributed by atoms with Gasteiger partial charge in [0.1, 0.15) is 0 Å².